The molecular weight excluding hydrogens is 278 g/mol. The molecule has 0 saturated carbocycles. The highest BCUT2D eigenvalue weighted by molar-refractivity contribution is 9.10. The maximum Gasteiger partial charge on any atom is 0.0659 e. The van der Waals surface area contributed by atoms with Crippen LogP contribution in [0.3, 0.4) is 0 Å². The molecule has 2 rings (SSSR count). The van der Waals surface area contributed by atoms with Crippen molar-refractivity contribution in [3.8, 4) is 0 Å². The van der Waals surface area contributed by atoms with Crippen molar-refractivity contribution in [2.75, 3.05) is 6.54 Å². The third kappa shape index (κ3) is 3.17. The van der Waals surface area contributed by atoms with Gasteiger partial charge in [-0.3, -0.25) is 4.68 Å². The van der Waals surface area contributed by atoms with Crippen molar-refractivity contribution >= 4 is 15.9 Å². The van der Waals surface area contributed by atoms with Crippen LogP contribution in [0.1, 0.15) is 24.0 Å². The van der Waals surface area contributed by atoms with Gasteiger partial charge < -0.3 is 5.73 Å². The Kier molecular flexibility index (Phi) is 3.97. The molecule has 0 amide bonds. The molecule has 90 valence electrons. The van der Waals surface area contributed by atoms with Gasteiger partial charge >= 0.3 is 0 Å². The summed E-state index contributed by atoms with van der Waals surface area (Å²) < 4.78 is 2.91. The summed E-state index contributed by atoms with van der Waals surface area (Å²) in [6.07, 6.45) is 3.77. The van der Waals surface area contributed by atoms with E-state index in [1.54, 1.807) is 6.20 Å². The minimum atomic E-state index is 0.419. The van der Waals surface area contributed by atoms with Crippen molar-refractivity contribution < 1.29 is 0 Å². The van der Waals surface area contributed by atoms with Crippen molar-refractivity contribution in [1.29, 1.82) is 0 Å². The topological polar surface area (TPSA) is 43.8 Å². The van der Waals surface area contributed by atoms with Crippen LogP contribution in [0.2, 0.25) is 0 Å². The average Bonchev–Trinajstić information content (AvgIpc) is 2.75. The molecular formula is C13H16BrN3. The van der Waals surface area contributed by atoms with Gasteiger partial charge in [-0.1, -0.05) is 31.2 Å². The Balaban J connectivity index is 2.08. The lowest BCUT2D eigenvalue weighted by Crippen LogP contribution is -2.09. The van der Waals surface area contributed by atoms with Gasteiger partial charge in [-0.15, -0.1) is 0 Å². The molecule has 1 unspecified atom stereocenters. The number of hydrogen-bond acceptors (Lipinski definition) is 2. The van der Waals surface area contributed by atoms with Gasteiger partial charge in [0.1, 0.15) is 0 Å². The minimum absolute atomic E-state index is 0.419. The molecule has 0 bridgehead atoms. The fourth-order valence-corrected chi connectivity index (χ4v) is 2.03. The third-order valence-electron chi connectivity index (χ3n) is 2.85. The SMILES string of the molecule is CC(CN)c1ccc(Cn2cc(Br)cn2)cc1. The normalized spacial score (nSPS) is 12.6. The van der Waals surface area contributed by atoms with Crippen molar-refractivity contribution in [3.63, 3.8) is 0 Å². The molecule has 0 radical (unpaired) electrons. The quantitative estimate of drug-likeness (QED) is 0.942. The van der Waals surface area contributed by atoms with Crippen molar-refractivity contribution in [2.45, 2.75) is 19.4 Å². The van der Waals surface area contributed by atoms with E-state index in [0.29, 0.717) is 12.5 Å². The summed E-state index contributed by atoms with van der Waals surface area (Å²) in [5.74, 6) is 0.419. The van der Waals surface area contributed by atoms with Gasteiger partial charge in [0.2, 0.25) is 0 Å². The van der Waals surface area contributed by atoms with E-state index in [2.05, 4.69) is 52.2 Å². The lowest BCUT2D eigenvalue weighted by Gasteiger charge is -2.09. The number of nitrogens with two attached hydrogens (primary N) is 1. The zero-order valence-electron chi connectivity index (χ0n) is 9.81. The Bertz CT molecular complexity index is 476. The standard InChI is InChI=1S/C13H16BrN3/c1-10(6-15)12-4-2-11(3-5-12)8-17-9-13(14)7-16-17/h2-5,7,9-10H,6,8,15H2,1H3. The Hall–Kier alpha value is -1.13. The first-order chi connectivity index (χ1) is 8.19. The van der Waals surface area contributed by atoms with Crippen LogP contribution in [0.15, 0.2) is 41.1 Å². The first kappa shape index (κ1) is 12.3. The molecule has 0 spiro atoms. The van der Waals surface area contributed by atoms with Gasteiger partial charge in [-0.05, 0) is 39.5 Å². The molecule has 1 atom stereocenters. The lowest BCUT2D eigenvalue weighted by molar-refractivity contribution is 0.685. The van der Waals surface area contributed by atoms with Gasteiger partial charge in [-0.2, -0.15) is 5.10 Å². The maximum atomic E-state index is 5.65. The van der Waals surface area contributed by atoms with Crippen LogP contribution < -0.4 is 5.73 Å². The molecule has 0 aliphatic heterocycles. The van der Waals surface area contributed by atoms with E-state index in [1.165, 1.54) is 11.1 Å². The molecule has 0 saturated heterocycles. The summed E-state index contributed by atoms with van der Waals surface area (Å²) >= 11 is 3.39. The first-order valence-electron chi connectivity index (χ1n) is 5.66. The molecule has 4 heteroatoms. The van der Waals surface area contributed by atoms with Crippen molar-refractivity contribution in [2.24, 2.45) is 5.73 Å². The highest BCUT2D eigenvalue weighted by atomic mass is 79.9. The van der Waals surface area contributed by atoms with Crippen LogP contribution >= 0.6 is 15.9 Å². The van der Waals surface area contributed by atoms with Crippen LogP contribution in [0.5, 0.6) is 0 Å². The molecule has 1 heterocycles. The van der Waals surface area contributed by atoms with E-state index >= 15 is 0 Å². The van der Waals surface area contributed by atoms with Crippen molar-refractivity contribution in [1.82, 2.24) is 9.78 Å². The molecule has 3 nitrogen and oxygen atoms in total. The monoisotopic (exact) mass is 293 g/mol. The zero-order chi connectivity index (χ0) is 12.3. The predicted octanol–water partition coefficient (Wildman–Crippen LogP) is 2.76. The van der Waals surface area contributed by atoms with E-state index in [-0.39, 0.29) is 0 Å². The van der Waals surface area contributed by atoms with Crippen LogP contribution in [-0.4, -0.2) is 16.3 Å². The third-order valence-corrected chi connectivity index (χ3v) is 3.26. The van der Waals surface area contributed by atoms with E-state index < -0.39 is 0 Å². The molecule has 0 fully saturated rings. The Labute approximate surface area is 110 Å². The van der Waals surface area contributed by atoms with E-state index in [4.69, 9.17) is 5.73 Å². The highest BCUT2D eigenvalue weighted by Gasteiger charge is 2.03. The van der Waals surface area contributed by atoms with E-state index in [9.17, 15) is 0 Å². The van der Waals surface area contributed by atoms with Gasteiger partial charge in [0.05, 0.1) is 17.2 Å². The Morgan fingerprint density at radius 1 is 1.35 bits per heavy atom. The molecule has 1 aromatic heterocycles. The molecule has 1 aromatic carbocycles. The second kappa shape index (κ2) is 5.47. The Morgan fingerprint density at radius 3 is 2.59 bits per heavy atom. The van der Waals surface area contributed by atoms with Gasteiger partial charge in [0, 0.05) is 6.20 Å². The van der Waals surface area contributed by atoms with Gasteiger partial charge in [-0.25, -0.2) is 0 Å². The van der Waals surface area contributed by atoms with Crippen molar-refractivity contribution in [3.05, 3.63) is 52.3 Å². The number of hydrogen-bond donors (Lipinski definition) is 1. The fraction of sp³-hybridized carbons (Fsp3) is 0.308. The summed E-state index contributed by atoms with van der Waals surface area (Å²) in [6.45, 7) is 3.62. The lowest BCUT2D eigenvalue weighted by atomic mass is 10.0. The summed E-state index contributed by atoms with van der Waals surface area (Å²) in [5, 5.41) is 4.23. The summed E-state index contributed by atoms with van der Waals surface area (Å²) in [4.78, 5) is 0. The fourth-order valence-electron chi connectivity index (χ4n) is 1.70. The summed E-state index contributed by atoms with van der Waals surface area (Å²) in [7, 11) is 0. The molecule has 0 aliphatic carbocycles. The Morgan fingerprint density at radius 2 is 2.06 bits per heavy atom. The molecule has 0 aliphatic rings. The zero-order valence-corrected chi connectivity index (χ0v) is 11.4. The van der Waals surface area contributed by atoms with Crippen LogP contribution in [-0.2, 0) is 6.54 Å². The molecule has 2 N–H and O–H groups in total. The van der Waals surface area contributed by atoms with Crippen LogP contribution in [0, 0.1) is 0 Å². The molecule has 17 heavy (non-hydrogen) atoms. The summed E-state index contributed by atoms with van der Waals surface area (Å²) in [5.41, 5.74) is 8.18. The van der Waals surface area contributed by atoms with Crippen LogP contribution in [0.25, 0.3) is 0 Å². The smallest absolute Gasteiger partial charge is 0.0659 e. The predicted molar refractivity (Wildman–Crippen MR) is 72.9 cm³/mol. The van der Waals surface area contributed by atoms with Gasteiger partial charge in [0.25, 0.3) is 0 Å². The van der Waals surface area contributed by atoms with Gasteiger partial charge in [0.15, 0.2) is 0 Å². The number of aromatic nitrogens is 2. The van der Waals surface area contributed by atoms with E-state index in [1.807, 2.05) is 10.9 Å². The number of nitrogens with zero attached hydrogens (tertiary/aromatic N) is 2. The molecule has 2 aromatic rings. The first-order valence-corrected chi connectivity index (χ1v) is 6.45. The van der Waals surface area contributed by atoms with Crippen LogP contribution in [0.4, 0.5) is 0 Å². The number of benzene rings is 1. The largest absolute Gasteiger partial charge is 0.330 e. The maximum absolute atomic E-state index is 5.65. The highest BCUT2D eigenvalue weighted by Crippen LogP contribution is 2.15. The second-order valence-corrected chi connectivity index (χ2v) is 5.15. The number of halogens is 1. The number of rotatable bonds is 4. The second-order valence-electron chi connectivity index (χ2n) is 4.23. The average molecular weight is 294 g/mol. The minimum Gasteiger partial charge on any atom is -0.330 e. The summed E-state index contributed by atoms with van der Waals surface area (Å²) in [6, 6.07) is 8.56. The van der Waals surface area contributed by atoms with E-state index in [0.717, 1.165) is 11.0 Å².